The molecule has 3 heteroatoms. The van der Waals surface area contributed by atoms with Gasteiger partial charge in [0.25, 0.3) is 0 Å². The van der Waals surface area contributed by atoms with Crippen molar-refractivity contribution >= 4 is 5.69 Å². The number of benzene rings is 1. The van der Waals surface area contributed by atoms with E-state index in [-0.39, 0.29) is 0 Å². The van der Waals surface area contributed by atoms with Crippen LogP contribution in [-0.4, -0.2) is 31.2 Å². The molecule has 1 atom stereocenters. The molecule has 1 saturated heterocycles. The van der Waals surface area contributed by atoms with Crippen LogP contribution in [0.1, 0.15) is 18.9 Å². The monoisotopic (exact) mass is 234 g/mol. The molecule has 1 fully saturated rings. The zero-order chi connectivity index (χ0) is 12.1. The largest absolute Gasteiger partial charge is 0.399 e. The second-order valence-electron chi connectivity index (χ2n) is 4.80. The summed E-state index contributed by atoms with van der Waals surface area (Å²) < 4.78 is 5.43. The topological polar surface area (TPSA) is 38.5 Å². The fraction of sp³-hybridized carbons (Fsp3) is 0.571. The van der Waals surface area contributed by atoms with E-state index in [4.69, 9.17) is 10.5 Å². The first-order chi connectivity index (χ1) is 8.28. The van der Waals surface area contributed by atoms with E-state index < -0.39 is 0 Å². The van der Waals surface area contributed by atoms with Gasteiger partial charge in [-0.15, -0.1) is 0 Å². The molecule has 0 bridgehead atoms. The number of nitrogen functional groups attached to an aromatic ring is 1. The third kappa shape index (κ3) is 3.72. The lowest BCUT2D eigenvalue weighted by Gasteiger charge is -2.23. The second-order valence-corrected chi connectivity index (χ2v) is 4.80. The number of hydrogen-bond donors (Lipinski definition) is 1. The van der Waals surface area contributed by atoms with E-state index in [2.05, 4.69) is 24.0 Å². The maximum Gasteiger partial charge on any atom is 0.0507 e. The first kappa shape index (κ1) is 12.4. The average Bonchev–Trinajstić information content (AvgIpc) is 2.81. The van der Waals surface area contributed by atoms with E-state index in [1.807, 2.05) is 12.1 Å². The Morgan fingerprint density at radius 3 is 3.00 bits per heavy atom. The van der Waals surface area contributed by atoms with Gasteiger partial charge < -0.3 is 10.5 Å². The summed E-state index contributed by atoms with van der Waals surface area (Å²) in [6.07, 6.45) is 1.20. The Labute approximate surface area is 104 Å². The van der Waals surface area contributed by atoms with E-state index in [0.717, 1.165) is 38.5 Å². The number of ether oxygens (including phenoxy) is 1. The number of rotatable bonds is 5. The quantitative estimate of drug-likeness (QED) is 0.793. The van der Waals surface area contributed by atoms with Crippen LogP contribution in [0.15, 0.2) is 24.3 Å². The Bertz CT molecular complexity index is 348. The molecule has 1 heterocycles. The van der Waals surface area contributed by atoms with Crippen molar-refractivity contribution in [3.63, 3.8) is 0 Å². The van der Waals surface area contributed by atoms with Crippen LogP contribution in [0.3, 0.4) is 0 Å². The summed E-state index contributed by atoms with van der Waals surface area (Å²) in [6, 6.07) is 8.17. The van der Waals surface area contributed by atoms with Crippen molar-refractivity contribution in [2.24, 2.45) is 5.92 Å². The molecule has 0 spiro atoms. The molecular weight excluding hydrogens is 212 g/mol. The number of anilines is 1. The molecule has 0 aliphatic carbocycles. The lowest BCUT2D eigenvalue weighted by atomic mass is 10.1. The average molecular weight is 234 g/mol. The van der Waals surface area contributed by atoms with Crippen LogP contribution >= 0.6 is 0 Å². The molecular formula is C14H22N2O. The highest BCUT2D eigenvalue weighted by molar-refractivity contribution is 5.40. The SMILES string of the molecule is CCN(Cc1cccc(N)c1)CC1CCOC1. The van der Waals surface area contributed by atoms with Crippen molar-refractivity contribution < 1.29 is 4.74 Å². The maximum atomic E-state index is 5.80. The van der Waals surface area contributed by atoms with Crippen LogP contribution in [0, 0.1) is 5.92 Å². The molecule has 1 aromatic carbocycles. The van der Waals surface area contributed by atoms with Crippen molar-refractivity contribution in [2.75, 3.05) is 32.0 Å². The lowest BCUT2D eigenvalue weighted by Crippen LogP contribution is -2.29. The second kappa shape index (κ2) is 6.03. The fourth-order valence-electron chi connectivity index (χ4n) is 2.35. The summed E-state index contributed by atoms with van der Waals surface area (Å²) in [5.41, 5.74) is 7.95. The van der Waals surface area contributed by atoms with Gasteiger partial charge in [0.1, 0.15) is 0 Å². The van der Waals surface area contributed by atoms with E-state index in [0.29, 0.717) is 5.92 Å². The molecule has 1 aliphatic heterocycles. The third-order valence-electron chi connectivity index (χ3n) is 3.34. The van der Waals surface area contributed by atoms with Gasteiger partial charge in [-0.25, -0.2) is 0 Å². The van der Waals surface area contributed by atoms with E-state index in [1.165, 1.54) is 12.0 Å². The first-order valence-electron chi connectivity index (χ1n) is 6.42. The molecule has 2 N–H and O–H groups in total. The zero-order valence-electron chi connectivity index (χ0n) is 10.6. The predicted molar refractivity (Wildman–Crippen MR) is 70.7 cm³/mol. The molecule has 1 aliphatic rings. The molecule has 94 valence electrons. The Kier molecular flexibility index (Phi) is 4.40. The number of nitrogens with zero attached hydrogens (tertiary/aromatic N) is 1. The smallest absolute Gasteiger partial charge is 0.0507 e. The maximum absolute atomic E-state index is 5.80. The van der Waals surface area contributed by atoms with Gasteiger partial charge in [-0.3, -0.25) is 4.90 Å². The Morgan fingerprint density at radius 1 is 1.47 bits per heavy atom. The first-order valence-corrected chi connectivity index (χ1v) is 6.42. The van der Waals surface area contributed by atoms with Crippen LogP contribution < -0.4 is 5.73 Å². The number of hydrogen-bond acceptors (Lipinski definition) is 3. The van der Waals surface area contributed by atoms with Crippen LogP contribution in [0.25, 0.3) is 0 Å². The van der Waals surface area contributed by atoms with Gasteiger partial charge in [-0.2, -0.15) is 0 Å². The van der Waals surface area contributed by atoms with Gasteiger partial charge >= 0.3 is 0 Å². The molecule has 3 nitrogen and oxygen atoms in total. The molecule has 0 aromatic heterocycles. The van der Waals surface area contributed by atoms with Crippen molar-refractivity contribution in [3.8, 4) is 0 Å². The van der Waals surface area contributed by atoms with Gasteiger partial charge in [0.2, 0.25) is 0 Å². The van der Waals surface area contributed by atoms with Crippen LogP contribution in [0.2, 0.25) is 0 Å². The van der Waals surface area contributed by atoms with Crippen molar-refractivity contribution in [3.05, 3.63) is 29.8 Å². The molecule has 0 amide bonds. The van der Waals surface area contributed by atoms with Gasteiger partial charge in [-0.1, -0.05) is 19.1 Å². The minimum absolute atomic E-state index is 0.705. The summed E-state index contributed by atoms with van der Waals surface area (Å²) in [5.74, 6) is 0.705. The lowest BCUT2D eigenvalue weighted by molar-refractivity contribution is 0.167. The minimum atomic E-state index is 0.705. The minimum Gasteiger partial charge on any atom is -0.399 e. The van der Waals surface area contributed by atoms with Crippen LogP contribution in [0.4, 0.5) is 5.69 Å². The molecule has 0 radical (unpaired) electrons. The molecule has 2 rings (SSSR count). The molecule has 1 aromatic rings. The van der Waals surface area contributed by atoms with Crippen LogP contribution in [-0.2, 0) is 11.3 Å². The van der Waals surface area contributed by atoms with Gasteiger partial charge in [0.05, 0.1) is 6.61 Å². The summed E-state index contributed by atoms with van der Waals surface area (Å²) in [5, 5.41) is 0. The van der Waals surface area contributed by atoms with E-state index in [1.54, 1.807) is 0 Å². The van der Waals surface area contributed by atoms with Gasteiger partial charge in [-0.05, 0) is 36.6 Å². The highest BCUT2D eigenvalue weighted by Crippen LogP contribution is 2.16. The molecule has 1 unspecified atom stereocenters. The normalized spacial score (nSPS) is 20.0. The summed E-state index contributed by atoms with van der Waals surface area (Å²) in [6.45, 7) is 7.25. The van der Waals surface area contributed by atoms with E-state index >= 15 is 0 Å². The van der Waals surface area contributed by atoms with Crippen molar-refractivity contribution in [1.29, 1.82) is 0 Å². The zero-order valence-corrected chi connectivity index (χ0v) is 10.6. The number of nitrogens with two attached hydrogens (primary N) is 1. The highest BCUT2D eigenvalue weighted by atomic mass is 16.5. The summed E-state index contributed by atoms with van der Waals surface area (Å²) in [4.78, 5) is 2.47. The fourth-order valence-corrected chi connectivity index (χ4v) is 2.35. The van der Waals surface area contributed by atoms with Gasteiger partial charge in [0.15, 0.2) is 0 Å². The van der Waals surface area contributed by atoms with E-state index in [9.17, 15) is 0 Å². The molecule has 0 saturated carbocycles. The Morgan fingerprint density at radius 2 is 2.35 bits per heavy atom. The third-order valence-corrected chi connectivity index (χ3v) is 3.34. The van der Waals surface area contributed by atoms with Crippen molar-refractivity contribution in [1.82, 2.24) is 4.90 Å². The Hall–Kier alpha value is -1.06. The Balaban J connectivity index is 1.90. The molecule has 17 heavy (non-hydrogen) atoms. The van der Waals surface area contributed by atoms with Crippen LogP contribution in [0.5, 0.6) is 0 Å². The standard InChI is InChI=1S/C14H22N2O/c1-2-16(10-13-6-7-17-11-13)9-12-4-3-5-14(15)8-12/h3-5,8,13H,2,6-7,9-11,15H2,1H3. The van der Waals surface area contributed by atoms with Crippen molar-refractivity contribution in [2.45, 2.75) is 19.9 Å². The summed E-state index contributed by atoms with van der Waals surface area (Å²) in [7, 11) is 0. The predicted octanol–water partition coefficient (Wildman–Crippen LogP) is 2.13. The highest BCUT2D eigenvalue weighted by Gasteiger charge is 2.18. The van der Waals surface area contributed by atoms with Gasteiger partial charge in [0, 0.05) is 25.4 Å². The summed E-state index contributed by atoms with van der Waals surface area (Å²) >= 11 is 0.